The van der Waals surface area contributed by atoms with E-state index in [9.17, 15) is 9.59 Å². The van der Waals surface area contributed by atoms with E-state index in [4.69, 9.17) is 34.8 Å². The van der Waals surface area contributed by atoms with Crippen molar-refractivity contribution in [2.45, 2.75) is 6.92 Å². The lowest BCUT2D eigenvalue weighted by Gasteiger charge is -2.07. The Morgan fingerprint density at radius 3 is 2.30 bits per heavy atom. The Balaban J connectivity index is 2.15. The van der Waals surface area contributed by atoms with Gasteiger partial charge in [0.25, 0.3) is 0 Å². The van der Waals surface area contributed by atoms with E-state index in [1.165, 1.54) is 19.1 Å². The van der Waals surface area contributed by atoms with Crippen LogP contribution in [-0.2, 0) is 4.79 Å². The second-order valence-corrected chi connectivity index (χ2v) is 6.66. The second-order valence-electron chi connectivity index (χ2n) is 5.41. The van der Waals surface area contributed by atoms with Gasteiger partial charge in [-0.2, -0.15) is 5.11 Å². The van der Waals surface area contributed by atoms with Gasteiger partial charge in [-0.05, 0) is 24.3 Å². The number of aromatic amines is 1. The van der Waals surface area contributed by atoms with Crippen molar-refractivity contribution in [3.05, 3.63) is 67.9 Å². The Labute approximate surface area is 168 Å². The Morgan fingerprint density at radius 1 is 1.07 bits per heavy atom. The molecule has 3 rings (SSSR count). The van der Waals surface area contributed by atoms with Crippen molar-refractivity contribution in [1.29, 1.82) is 0 Å². The van der Waals surface area contributed by atoms with Gasteiger partial charge in [-0.15, -0.1) is 5.11 Å². The SMILES string of the molecule is CC(=O)Nc1[nH]n(-c2c(Cl)cc(Cl)cc2Cl)c(=O)c1N=Nc1ccccc1. The molecule has 0 aliphatic carbocycles. The number of rotatable bonds is 4. The van der Waals surface area contributed by atoms with Crippen LogP contribution in [0.5, 0.6) is 0 Å². The number of carbonyl (C=O) groups is 1. The molecule has 1 heterocycles. The number of nitrogens with one attached hydrogen (secondary N) is 2. The Kier molecular flexibility index (Phi) is 5.65. The molecule has 1 aromatic heterocycles. The molecule has 0 saturated heterocycles. The molecule has 138 valence electrons. The summed E-state index contributed by atoms with van der Waals surface area (Å²) in [5, 5.41) is 13.9. The van der Waals surface area contributed by atoms with Crippen molar-refractivity contribution in [2.24, 2.45) is 10.2 Å². The van der Waals surface area contributed by atoms with Gasteiger partial charge >= 0.3 is 5.56 Å². The first kappa shape index (κ1) is 19.2. The molecular weight excluding hydrogens is 413 g/mol. The third kappa shape index (κ3) is 4.21. The first-order chi connectivity index (χ1) is 12.9. The van der Waals surface area contributed by atoms with E-state index in [2.05, 4.69) is 20.6 Å². The van der Waals surface area contributed by atoms with Crippen LogP contribution in [0.15, 0.2) is 57.5 Å². The predicted molar refractivity (Wildman–Crippen MR) is 106 cm³/mol. The molecule has 0 aliphatic heterocycles. The number of carbonyl (C=O) groups excluding carboxylic acids is 1. The van der Waals surface area contributed by atoms with Gasteiger partial charge in [0.15, 0.2) is 11.5 Å². The number of nitrogens with zero attached hydrogens (tertiary/aromatic N) is 3. The van der Waals surface area contributed by atoms with Crippen LogP contribution in [0.2, 0.25) is 15.1 Å². The number of H-pyrrole nitrogens is 1. The van der Waals surface area contributed by atoms with Gasteiger partial charge in [0.1, 0.15) is 5.69 Å². The molecule has 3 aromatic rings. The summed E-state index contributed by atoms with van der Waals surface area (Å²) in [4.78, 5) is 24.3. The van der Waals surface area contributed by atoms with Crippen LogP contribution < -0.4 is 10.9 Å². The Bertz CT molecular complexity index is 1070. The lowest BCUT2D eigenvalue weighted by Crippen LogP contribution is -2.15. The zero-order valence-corrected chi connectivity index (χ0v) is 16.1. The average Bonchev–Trinajstić information content (AvgIpc) is 2.88. The highest BCUT2D eigenvalue weighted by molar-refractivity contribution is 6.40. The standard InChI is InChI=1S/C17H12Cl3N5O2/c1-9(26)21-16-14(23-22-11-5-3-2-4-6-11)17(27)25(24-16)15-12(19)7-10(18)8-13(15)20/h2-8,24H,1H3,(H,21,26). The van der Waals surface area contributed by atoms with E-state index in [0.29, 0.717) is 10.7 Å². The second kappa shape index (κ2) is 7.96. The van der Waals surface area contributed by atoms with Gasteiger partial charge in [0.05, 0.1) is 15.7 Å². The molecule has 0 atom stereocenters. The number of hydrogen-bond donors (Lipinski definition) is 2. The monoisotopic (exact) mass is 423 g/mol. The van der Waals surface area contributed by atoms with E-state index in [0.717, 1.165) is 4.68 Å². The van der Waals surface area contributed by atoms with E-state index in [-0.39, 0.29) is 27.2 Å². The molecular formula is C17H12Cl3N5O2. The summed E-state index contributed by atoms with van der Waals surface area (Å²) in [5.74, 6) is -0.331. The molecule has 7 nitrogen and oxygen atoms in total. The molecule has 1 amide bonds. The molecule has 27 heavy (non-hydrogen) atoms. The van der Waals surface area contributed by atoms with Crippen molar-refractivity contribution in [1.82, 2.24) is 9.78 Å². The van der Waals surface area contributed by atoms with E-state index >= 15 is 0 Å². The zero-order chi connectivity index (χ0) is 19.6. The van der Waals surface area contributed by atoms with Crippen molar-refractivity contribution in [3.63, 3.8) is 0 Å². The third-order valence-electron chi connectivity index (χ3n) is 3.39. The lowest BCUT2D eigenvalue weighted by atomic mass is 10.3. The summed E-state index contributed by atoms with van der Waals surface area (Å²) in [6.45, 7) is 1.30. The minimum Gasteiger partial charge on any atom is -0.309 e. The molecule has 0 spiro atoms. The number of azo groups is 1. The maximum absolute atomic E-state index is 12.9. The summed E-state index contributed by atoms with van der Waals surface area (Å²) >= 11 is 18.3. The minimum absolute atomic E-state index is 0.0641. The zero-order valence-electron chi connectivity index (χ0n) is 13.8. The van der Waals surface area contributed by atoms with Crippen molar-refractivity contribution < 1.29 is 4.79 Å². The molecule has 0 aliphatic rings. The van der Waals surface area contributed by atoms with E-state index in [1.807, 2.05) is 6.07 Å². The lowest BCUT2D eigenvalue weighted by molar-refractivity contribution is -0.114. The fourth-order valence-corrected chi connectivity index (χ4v) is 3.28. The molecule has 2 aromatic carbocycles. The third-order valence-corrected chi connectivity index (χ3v) is 4.19. The topological polar surface area (TPSA) is 91.6 Å². The molecule has 0 bridgehead atoms. The summed E-state index contributed by atoms with van der Waals surface area (Å²) in [6, 6.07) is 11.7. The maximum Gasteiger partial charge on any atom is 0.301 e. The normalized spacial score (nSPS) is 11.1. The van der Waals surface area contributed by atoms with E-state index < -0.39 is 11.5 Å². The first-order valence-electron chi connectivity index (χ1n) is 7.61. The molecule has 0 radical (unpaired) electrons. The number of halogens is 3. The summed E-state index contributed by atoms with van der Waals surface area (Å²) in [7, 11) is 0. The van der Waals surface area contributed by atoms with Crippen LogP contribution in [0.25, 0.3) is 5.69 Å². The van der Waals surface area contributed by atoms with Gasteiger partial charge in [-0.25, -0.2) is 4.68 Å². The van der Waals surface area contributed by atoms with Crippen LogP contribution in [-0.4, -0.2) is 15.7 Å². The van der Waals surface area contributed by atoms with Crippen LogP contribution in [0.4, 0.5) is 17.2 Å². The minimum atomic E-state index is -0.593. The molecule has 0 saturated carbocycles. The molecule has 0 fully saturated rings. The Morgan fingerprint density at radius 2 is 1.70 bits per heavy atom. The van der Waals surface area contributed by atoms with Crippen molar-refractivity contribution in [3.8, 4) is 5.69 Å². The van der Waals surface area contributed by atoms with Gasteiger partial charge in [-0.3, -0.25) is 14.7 Å². The van der Waals surface area contributed by atoms with Crippen LogP contribution in [0, 0.1) is 0 Å². The van der Waals surface area contributed by atoms with Crippen LogP contribution in [0.1, 0.15) is 6.92 Å². The summed E-state index contributed by atoms with van der Waals surface area (Å²) < 4.78 is 1.08. The van der Waals surface area contributed by atoms with Crippen LogP contribution in [0.3, 0.4) is 0 Å². The number of amides is 1. The van der Waals surface area contributed by atoms with Gasteiger partial charge in [0.2, 0.25) is 5.91 Å². The highest BCUT2D eigenvalue weighted by atomic mass is 35.5. The number of benzene rings is 2. The number of hydrogen-bond acceptors (Lipinski definition) is 4. The van der Waals surface area contributed by atoms with Gasteiger partial charge < -0.3 is 5.32 Å². The summed E-state index contributed by atoms with van der Waals surface area (Å²) in [6.07, 6.45) is 0. The van der Waals surface area contributed by atoms with Crippen molar-refractivity contribution in [2.75, 3.05) is 5.32 Å². The van der Waals surface area contributed by atoms with Crippen LogP contribution >= 0.6 is 34.8 Å². The van der Waals surface area contributed by atoms with E-state index in [1.54, 1.807) is 24.3 Å². The predicted octanol–water partition coefficient (Wildman–Crippen LogP) is 5.50. The molecule has 10 heteroatoms. The van der Waals surface area contributed by atoms with Gasteiger partial charge in [0, 0.05) is 11.9 Å². The highest BCUT2D eigenvalue weighted by Crippen LogP contribution is 2.33. The quantitative estimate of drug-likeness (QED) is 0.541. The number of aromatic nitrogens is 2. The smallest absolute Gasteiger partial charge is 0.301 e. The highest BCUT2D eigenvalue weighted by Gasteiger charge is 2.20. The average molecular weight is 425 g/mol. The van der Waals surface area contributed by atoms with Crippen molar-refractivity contribution >= 4 is 57.9 Å². The number of anilines is 1. The molecule has 0 unspecified atom stereocenters. The van der Waals surface area contributed by atoms with Gasteiger partial charge in [-0.1, -0.05) is 53.0 Å². The fourth-order valence-electron chi connectivity index (χ4n) is 2.29. The largest absolute Gasteiger partial charge is 0.309 e. The fraction of sp³-hybridized carbons (Fsp3) is 0.0588. The summed E-state index contributed by atoms with van der Waals surface area (Å²) in [5.41, 5.74) is 0.0298. The maximum atomic E-state index is 12.9. The molecule has 2 N–H and O–H groups in total. The Hall–Kier alpha value is -2.61. The first-order valence-corrected chi connectivity index (χ1v) is 8.74.